The van der Waals surface area contributed by atoms with Crippen molar-refractivity contribution >= 4 is 0 Å². The molecule has 2 aliphatic rings. The molecule has 2 rings (SSSR count). The highest BCUT2D eigenvalue weighted by Crippen LogP contribution is 2.47. The zero-order valence-corrected chi connectivity index (χ0v) is 15.3. The molecule has 0 bridgehead atoms. The highest BCUT2D eigenvalue weighted by atomic mass is 14.9. The summed E-state index contributed by atoms with van der Waals surface area (Å²) in [5, 5.41) is 4.00. The molecule has 5 atom stereocenters. The Balaban J connectivity index is 2.09. The van der Waals surface area contributed by atoms with Gasteiger partial charge in [0.05, 0.1) is 0 Å². The summed E-state index contributed by atoms with van der Waals surface area (Å²) in [5.74, 6) is 3.67. The Labute approximate surface area is 133 Å². The Kier molecular flexibility index (Phi) is 6.17. The van der Waals surface area contributed by atoms with Crippen LogP contribution in [0.5, 0.6) is 0 Å². The second-order valence-electron chi connectivity index (χ2n) is 8.85. The number of nitrogens with one attached hydrogen (secondary N) is 1. The van der Waals surface area contributed by atoms with Crippen LogP contribution in [0.15, 0.2) is 0 Å². The van der Waals surface area contributed by atoms with Crippen LogP contribution in [0.1, 0.15) is 86.0 Å². The molecular formula is C20H39N. The normalized spacial score (nSPS) is 38.1. The Hall–Kier alpha value is -0.0400. The van der Waals surface area contributed by atoms with Gasteiger partial charge in [0.2, 0.25) is 0 Å². The third-order valence-electron chi connectivity index (χ3n) is 6.80. The molecule has 2 saturated carbocycles. The van der Waals surface area contributed by atoms with E-state index in [-0.39, 0.29) is 0 Å². The minimum atomic E-state index is 0.538. The van der Waals surface area contributed by atoms with E-state index >= 15 is 0 Å². The fourth-order valence-electron chi connectivity index (χ4n) is 5.05. The predicted molar refractivity (Wildman–Crippen MR) is 93.5 cm³/mol. The third kappa shape index (κ3) is 4.24. The minimum absolute atomic E-state index is 0.538. The van der Waals surface area contributed by atoms with E-state index in [1.807, 2.05) is 0 Å². The van der Waals surface area contributed by atoms with Gasteiger partial charge in [0.25, 0.3) is 0 Å². The fraction of sp³-hybridized carbons (Fsp3) is 1.00. The topological polar surface area (TPSA) is 12.0 Å². The van der Waals surface area contributed by atoms with Crippen LogP contribution in [0, 0.1) is 29.1 Å². The van der Waals surface area contributed by atoms with Crippen LogP contribution in [0.3, 0.4) is 0 Å². The van der Waals surface area contributed by atoms with Gasteiger partial charge in [-0.2, -0.15) is 0 Å². The van der Waals surface area contributed by atoms with Gasteiger partial charge in [0.1, 0.15) is 0 Å². The van der Waals surface area contributed by atoms with E-state index in [0.29, 0.717) is 5.41 Å². The largest absolute Gasteiger partial charge is 0.313 e. The van der Waals surface area contributed by atoms with E-state index < -0.39 is 0 Å². The van der Waals surface area contributed by atoms with Gasteiger partial charge in [0.15, 0.2) is 0 Å². The number of rotatable bonds is 5. The summed E-state index contributed by atoms with van der Waals surface area (Å²) >= 11 is 0. The lowest BCUT2D eigenvalue weighted by atomic mass is 9.61. The van der Waals surface area contributed by atoms with Gasteiger partial charge in [-0.25, -0.2) is 0 Å². The average molecular weight is 294 g/mol. The molecule has 0 aromatic carbocycles. The van der Waals surface area contributed by atoms with E-state index in [1.165, 1.54) is 57.9 Å². The zero-order valence-electron chi connectivity index (χ0n) is 15.3. The van der Waals surface area contributed by atoms with Crippen LogP contribution in [-0.4, -0.2) is 12.6 Å². The molecule has 1 N–H and O–H groups in total. The van der Waals surface area contributed by atoms with Gasteiger partial charge in [-0.1, -0.05) is 53.9 Å². The first-order valence-electron chi connectivity index (χ1n) is 9.69. The molecule has 0 heterocycles. The smallest absolute Gasteiger partial charge is 0.0129 e. The summed E-state index contributed by atoms with van der Waals surface area (Å²) in [7, 11) is 0. The molecule has 0 radical (unpaired) electrons. The minimum Gasteiger partial charge on any atom is -0.313 e. The van der Waals surface area contributed by atoms with Crippen LogP contribution in [0.2, 0.25) is 0 Å². The zero-order chi connectivity index (χ0) is 15.5. The Morgan fingerprint density at radius 2 is 1.81 bits per heavy atom. The van der Waals surface area contributed by atoms with E-state index in [1.54, 1.807) is 0 Å². The first-order valence-corrected chi connectivity index (χ1v) is 9.69. The summed E-state index contributed by atoms with van der Waals surface area (Å²) in [6, 6.07) is 0.773. The molecule has 1 heteroatoms. The molecule has 21 heavy (non-hydrogen) atoms. The lowest BCUT2D eigenvalue weighted by molar-refractivity contribution is 0.0486. The molecule has 0 spiro atoms. The molecule has 0 aromatic rings. The van der Waals surface area contributed by atoms with Crippen molar-refractivity contribution in [3.63, 3.8) is 0 Å². The van der Waals surface area contributed by atoms with Crippen LogP contribution < -0.4 is 5.32 Å². The molecule has 0 aliphatic heterocycles. The Morgan fingerprint density at radius 1 is 1.05 bits per heavy atom. The summed E-state index contributed by atoms with van der Waals surface area (Å²) in [4.78, 5) is 0. The molecule has 2 aliphatic carbocycles. The van der Waals surface area contributed by atoms with Crippen molar-refractivity contribution in [3.05, 3.63) is 0 Å². The van der Waals surface area contributed by atoms with Crippen molar-refractivity contribution in [2.24, 2.45) is 29.1 Å². The van der Waals surface area contributed by atoms with Crippen molar-refractivity contribution < 1.29 is 0 Å². The first kappa shape index (κ1) is 17.3. The standard InChI is InChI=1S/C20H39N/c1-6-13-21-19(17-11-10-15(2)16(3)14-17)18-9-7-8-12-20(18,4)5/h15-19,21H,6-14H2,1-5H3. The van der Waals surface area contributed by atoms with Gasteiger partial charge in [-0.15, -0.1) is 0 Å². The summed E-state index contributed by atoms with van der Waals surface area (Å²) in [6.07, 6.45) is 11.4. The molecular weight excluding hydrogens is 254 g/mol. The maximum absolute atomic E-state index is 4.00. The Bertz CT molecular complexity index is 309. The van der Waals surface area contributed by atoms with Gasteiger partial charge >= 0.3 is 0 Å². The van der Waals surface area contributed by atoms with Crippen molar-refractivity contribution in [2.45, 2.75) is 92.0 Å². The second-order valence-corrected chi connectivity index (χ2v) is 8.85. The number of hydrogen-bond donors (Lipinski definition) is 1. The van der Waals surface area contributed by atoms with Crippen molar-refractivity contribution in [2.75, 3.05) is 6.54 Å². The Morgan fingerprint density at radius 3 is 2.43 bits per heavy atom. The van der Waals surface area contributed by atoms with Gasteiger partial charge < -0.3 is 5.32 Å². The summed E-state index contributed by atoms with van der Waals surface area (Å²) in [6.45, 7) is 13.5. The maximum atomic E-state index is 4.00. The summed E-state index contributed by atoms with van der Waals surface area (Å²) in [5.41, 5.74) is 0.538. The quantitative estimate of drug-likeness (QED) is 0.691. The van der Waals surface area contributed by atoms with Gasteiger partial charge in [-0.3, -0.25) is 0 Å². The first-order chi connectivity index (χ1) is 9.95. The van der Waals surface area contributed by atoms with Crippen molar-refractivity contribution in [3.8, 4) is 0 Å². The maximum Gasteiger partial charge on any atom is 0.0129 e. The van der Waals surface area contributed by atoms with E-state index in [0.717, 1.165) is 29.7 Å². The molecule has 124 valence electrons. The molecule has 0 amide bonds. The fourth-order valence-corrected chi connectivity index (χ4v) is 5.05. The van der Waals surface area contributed by atoms with E-state index in [2.05, 4.69) is 39.9 Å². The lowest BCUT2D eigenvalue weighted by Gasteiger charge is -2.48. The molecule has 5 unspecified atom stereocenters. The monoisotopic (exact) mass is 293 g/mol. The number of hydrogen-bond acceptors (Lipinski definition) is 1. The van der Waals surface area contributed by atoms with Crippen molar-refractivity contribution in [1.82, 2.24) is 5.32 Å². The van der Waals surface area contributed by atoms with Gasteiger partial charge in [0, 0.05) is 6.04 Å². The van der Waals surface area contributed by atoms with Crippen LogP contribution in [0.4, 0.5) is 0 Å². The third-order valence-corrected chi connectivity index (χ3v) is 6.80. The van der Waals surface area contributed by atoms with Crippen LogP contribution in [-0.2, 0) is 0 Å². The van der Waals surface area contributed by atoms with E-state index in [9.17, 15) is 0 Å². The lowest BCUT2D eigenvalue weighted by Crippen LogP contribution is -2.50. The SMILES string of the molecule is CCCNC(C1CCC(C)C(C)C1)C1CCCCC1(C)C. The predicted octanol–water partition coefficient (Wildman–Crippen LogP) is 5.64. The molecule has 0 aromatic heterocycles. The molecule has 0 saturated heterocycles. The van der Waals surface area contributed by atoms with Crippen LogP contribution >= 0.6 is 0 Å². The van der Waals surface area contributed by atoms with Gasteiger partial charge in [-0.05, 0) is 67.7 Å². The molecule has 2 fully saturated rings. The summed E-state index contributed by atoms with van der Waals surface area (Å²) < 4.78 is 0. The van der Waals surface area contributed by atoms with Crippen molar-refractivity contribution in [1.29, 1.82) is 0 Å². The molecule has 1 nitrogen and oxygen atoms in total. The second kappa shape index (κ2) is 7.49. The van der Waals surface area contributed by atoms with E-state index in [4.69, 9.17) is 0 Å². The highest BCUT2D eigenvalue weighted by molar-refractivity contribution is 4.95. The van der Waals surface area contributed by atoms with Crippen LogP contribution in [0.25, 0.3) is 0 Å². The highest BCUT2D eigenvalue weighted by Gasteiger charge is 2.41. The average Bonchev–Trinajstić information content (AvgIpc) is 2.44.